The number of nitriles is 1. The van der Waals surface area contributed by atoms with Crippen molar-refractivity contribution >= 4 is 5.69 Å². The van der Waals surface area contributed by atoms with E-state index in [2.05, 4.69) is 15.3 Å². The third-order valence-electron chi connectivity index (χ3n) is 2.84. The zero-order chi connectivity index (χ0) is 14.8. The summed E-state index contributed by atoms with van der Waals surface area (Å²) in [4.78, 5) is 6.93. The SMILES string of the molecule is Cc1[nH]cnc1CNc1ccc(C#N)c(C(F)(F)F)c1. The van der Waals surface area contributed by atoms with Gasteiger partial charge in [-0.25, -0.2) is 4.98 Å². The lowest BCUT2D eigenvalue weighted by Crippen LogP contribution is -2.09. The summed E-state index contributed by atoms with van der Waals surface area (Å²) < 4.78 is 38.4. The number of benzene rings is 1. The number of H-pyrrole nitrogens is 1. The number of aryl methyl sites for hydroxylation is 1. The van der Waals surface area contributed by atoms with Crippen LogP contribution in [0.3, 0.4) is 0 Å². The Morgan fingerprint density at radius 3 is 2.70 bits per heavy atom. The van der Waals surface area contributed by atoms with Crippen molar-refractivity contribution in [1.29, 1.82) is 5.26 Å². The second kappa shape index (κ2) is 5.25. The summed E-state index contributed by atoms with van der Waals surface area (Å²) in [7, 11) is 0. The van der Waals surface area contributed by atoms with Crippen molar-refractivity contribution in [2.75, 3.05) is 5.32 Å². The Balaban J connectivity index is 2.22. The molecule has 4 nitrogen and oxygen atoms in total. The van der Waals surface area contributed by atoms with Crippen molar-refractivity contribution in [3.05, 3.63) is 47.0 Å². The molecule has 20 heavy (non-hydrogen) atoms. The minimum Gasteiger partial charge on any atom is -0.379 e. The normalized spacial score (nSPS) is 11.2. The molecule has 0 atom stereocenters. The van der Waals surface area contributed by atoms with Crippen LogP contribution in [0.25, 0.3) is 0 Å². The molecule has 2 rings (SSSR count). The summed E-state index contributed by atoms with van der Waals surface area (Å²) in [6.07, 6.45) is -3.03. The molecule has 1 heterocycles. The molecule has 0 unspecified atom stereocenters. The molecule has 2 N–H and O–H groups in total. The number of imidazole rings is 1. The molecule has 104 valence electrons. The summed E-state index contributed by atoms with van der Waals surface area (Å²) in [5, 5.41) is 11.6. The van der Waals surface area contributed by atoms with Gasteiger partial charge < -0.3 is 10.3 Å². The van der Waals surface area contributed by atoms with Crippen LogP contribution in [0, 0.1) is 18.3 Å². The fourth-order valence-corrected chi connectivity index (χ4v) is 1.74. The Bertz CT molecular complexity index is 652. The van der Waals surface area contributed by atoms with Crippen molar-refractivity contribution in [3.63, 3.8) is 0 Å². The zero-order valence-corrected chi connectivity index (χ0v) is 10.5. The standard InChI is InChI=1S/C13H11F3N4/c1-8-12(20-7-19-8)6-18-10-3-2-9(5-17)11(4-10)13(14,15)16/h2-4,7,18H,6H2,1H3,(H,19,20). The molecular weight excluding hydrogens is 269 g/mol. The molecule has 0 aliphatic rings. The minimum absolute atomic E-state index is 0.290. The van der Waals surface area contributed by atoms with Gasteiger partial charge in [-0.2, -0.15) is 18.4 Å². The fourth-order valence-electron chi connectivity index (χ4n) is 1.74. The Morgan fingerprint density at radius 1 is 1.40 bits per heavy atom. The van der Waals surface area contributed by atoms with Crippen molar-refractivity contribution in [1.82, 2.24) is 9.97 Å². The number of aromatic nitrogens is 2. The summed E-state index contributed by atoms with van der Waals surface area (Å²) >= 11 is 0. The molecule has 1 aromatic heterocycles. The molecule has 0 bridgehead atoms. The number of anilines is 1. The van der Waals surface area contributed by atoms with Gasteiger partial charge >= 0.3 is 6.18 Å². The molecule has 0 radical (unpaired) electrons. The fraction of sp³-hybridized carbons (Fsp3) is 0.231. The smallest absolute Gasteiger partial charge is 0.379 e. The Kier molecular flexibility index (Phi) is 3.66. The Morgan fingerprint density at radius 2 is 2.15 bits per heavy atom. The Labute approximate surface area is 113 Å². The summed E-state index contributed by atoms with van der Waals surface area (Å²) in [6.45, 7) is 2.13. The highest BCUT2D eigenvalue weighted by Gasteiger charge is 2.33. The number of alkyl halides is 3. The van der Waals surface area contributed by atoms with E-state index in [0.29, 0.717) is 12.2 Å². The van der Waals surface area contributed by atoms with E-state index in [1.54, 1.807) is 6.07 Å². The van der Waals surface area contributed by atoms with Crippen molar-refractivity contribution < 1.29 is 13.2 Å². The number of hydrogen-bond acceptors (Lipinski definition) is 3. The first kappa shape index (κ1) is 13.9. The van der Waals surface area contributed by atoms with E-state index >= 15 is 0 Å². The van der Waals surface area contributed by atoms with Gasteiger partial charge in [0.25, 0.3) is 0 Å². The van der Waals surface area contributed by atoms with E-state index in [9.17, 15) is 13.2 Å². The maximum absolute atomic E-state index is 12.8. The van der Waals surface area contributed by atoms with Crippen LogP contribution < -0.4 is 5.32 Å². The van der Waals surface area contributed by atoms with Crippen LogP contribution in [0.2, 0.25) is 0 Å². The highest BCUT2D eigenvalue weighted by Crippen LogP contribution is 2.33. The molecule has 0 saturated heterocycles. The van der Waals surface area contributed by atoms with Gasteiger partial charge in [0.2, 0.25) is 0 Å². The van der Waals surface area contributed by atoms with Crippen LogP contribution in [0.15, 0.2) is 24.5 Å². The van der Waals surface area contributed by atoms with Gasteiger partial charge in [-0.05, 0) is 25.1 Å². The molecule has 1 aromatic carbocycles. The first-order valence-electron chi connectivity index (χ1n) is 5.76. The summed E-state index contributed by atoms with van der Waals surface area (Å²) in [5.74, 6) is 0. The van der Waals surface area contributed by atoms with Crippen LogP contribution in [0.4, 0.5) is 18.9 Å². The van der Waals surface area contributed by atoms with Gasteiger partial charge in [-0.15, -0.1) is 0 Å². The van der Waals surface area contributed by atoms with E-state index in [0.717, 1.165) is 23.5 Å². The lowest BCUT2D eigenvalue weighted by atomic mass is 10.1. The molecule has 2 aromatic rings. The third kappa shape index (κ3) is 2.91. The van der Waals surface area contributed by atoms with E-state index in [1.807, 2.05) is 6.92 Å². The predicted octanol–water partition coefficient (Wildman–Crippen LogP) is 3.22. The molecular formula is C13H11F3N4. The second-order valence-corrected chi connectivity index (χ2v) is 4.20. The van der Waals surface area contributed by atoms with E-state index < -0.39 is 11.7 Å². The number of halogens is 3. The molecule has 0 amide bonds. The van der Waals surface area contributed by atoms with Gasteiger partial charge in [0.15, 0.2) is 0 Å². The average Bonchev–Trinajstić information content (AvgIpc) is 2.80. The molecule has 0 fully saturated rings. The third-order valence-corrected chi connectivity index (χ3v) is 2.84. The minimum atomic E-state index is -4.55. The molecule has 7 heteroatoms. The Hall–Kier alpha value is -2.49. The molecule has 0 spiro atoms. The molecule has 0 aliphatic heterocycles. The quantitative estimate of drug-likeness (QED) is 0.907. The maximum Gasteiger partial charge on any atom is 0.417 e. The summed E-state index contributed by atoms with van der Waals surface area (Å²) in [6, 6.07) is 5.07. The number of hydrogen-bond donors (Lipinski definition) is 2. The lowest BCUT2D eigenvalue weighted by Gasteiger charge is -2.12. The van der Waals surface area contributed by atoms with Gasteiger partial charge in [0, 0.05) is 11.4 Å². The van der Waals surface area contributed by atoms with Gasteiger partial charge in [0.05, 0.1) is 35.8 Å². The summed E-state index contributed by atoms with van der Waals surface area (Å²) in [5.41, 5.74) is 0.534. The van der Waals surface area contributed by atoms with Crippen LogP contribution in [-0.2, 0) is 12.7 Å². The highest BCUT2D eigenvalue weighted by molar-refractivity contribution is 5.53. The van der Waals surface area contributed by atoms with Crippen LogP contribution in [0.5, 0.6) is 0 Å². The lowest BCUT2D eigenvalue weighted by molar-refractivity contribution is -0.137. The number of nitrogens with zero attached hydrogens (tertiary/aromatic N) is 2. The van der Waals surface area contributed by atoms with Gasteiger partial charge in [-0.1, -0.05) is 0 Å². The van der Waals surface area contributed by atoms with Gasteiger partial charge in [-0.3, -0.25) is 0 Å². The first-order valence-corrected chi connectivity index (χ1v) is 5.76. The largest absolute Gasteiger partial charge is 0.417 e. The average molecular weight is 280 g/mol. The first-order chi connectivity index (χ1) is 9.41. The van der Waals surface area contributed by atoms with Crippen molar-refractivity contribution in [3.8, 4) is 6.07 Å². The molecule has 0 saturated carbocycles. The maximum atomic E-state index is 12.8. The predicted molar refractivity (Wildman–Crippen MR) is 66.8 cm³/mol. The number of aromatic amines is 1. The van der Waals surface area contributed by atoms with Crippen LogP contribution >= 0.6 is 0 Å². The van der Waals surface area contributed by atoms with E-state index in [-0.39, 0.29) is 5.56 Å². The highest BCUT2D eigenvalue weighted by atomic mass is 19.4. The monoisotopic (exact) mass is 280 g/mol. The molecule has 0 aliphatic carbocycles. The van der Waals surface area contributed by atoms with Crippen LogP contribution in [-0.4, -0.2) is 9.97 Å². The van der Waals surface area contributed by atoms with E-state index in [1.165, 1.54) is 12.4 Å². The van der Waals surface area contributed by atoms with Gasteiger partial charge in [0.1, 0.15) is 0 Å². The van der Waals surface area contributed by atoms with Crippen molar-refractivity contribution in [2.24, 2.45) is 0 Å². The van der Waals surface area contributed by atoms with Crippen molar-refractivity contribution in [2.45, 2.75) is 19.6 Å². The van der Waals surface area contributed by atoms with Crippen LogP contribution in [0.1, 0.15) is 22.5 Å². The topological polar surface area (TPSA) is 64.5 Å². The number of rotatable bonds is 3. The second-order valence-electron chi connectivity index (χ2n) is 4.20. The zero-order valence-electron chi connectivity index (χ0n) is 10.5. The number of nitrogens with one attached hydrogen (secondary N) is 2. The van der Waals surface area contributed by atoms with E-state index in [4.69, 9.17) is 5.26 Å².